The Hall–Kier alpha value is -0.960. The highest BCUT2D eigenvalue weighted by Gasteiger charge is 2.21. The summed E-state index contributed by atoms with van der Waals surface area (Å²) in [6.07, 6.45) is -2.37. The van der Waals surface area contributed by atoms with Crippen LogP contribution in [0.5, 0.6) is 0 Å². The van der Waals surface area contributed by atoms with Crippen LogP contribution in [0.2, 0.25) is 0 Å². The number of benzene rings is 1. The van der Waals surface area contributed by atoms with Crippen LogP contribution in [0.1, 0.15) is 22.7 Å². The third-order valence-corrected chi connectivity index (χ3v) is 2.32. The molecule has 0 bridgehead atoms. The average molecular weight is 199 g/mol. The number of alkyl halides is 2. The van der Waals surface area contributed by atoms with Crippen molar-refractivity contribution in [1.82, 2.24) is 5.32 Å². The molecule has 1 rings (SSSR count). The van der Waals surface area contributed by atoms with E-state index in [0.29, 0.717) is 5.56 Å². The normalized spacial score (nSPS) is 13.3. The van der Waals surface area contributed by atoms with Gasteiger partial charge in [-0.15, -0.1) is 0 Å². The minimum absolute atomic E-state index is 0.674. The fourth-order valence-electron chi connectivity index (χ4n) is 1.59. The van der Waals surface area contributed by atoms with Gasteiger partial charge in [-0.25, -0.2) is 8.78 Å². The van der Waals surface area contributed by atoms with E-state index in [-0.39, 0.29) is 0 Å². The molecule has 0 aliphatic rings. The van der Waals surface area contributed by atoms with Crippen molar-refractivity contribution in [3.05, 3.63) is 34.9 Å². The second-order valence-electron chi connectivity index (χ2n) is 3.46. The van der Waals surface area contributed by atoms with Gasteiger partial charge in [-0.2, -0.15) is 0 Å². The standard InChI is InChI=1S/C11H15F2N/c1-7-4-5-9(8(2)6-7)10(14-3)11(12)13/h4-6,10-11,14H,1-3H3. The Kier molecular flexibility index (Phi) is 3.58. The Morgan fingerprint density at radius 2 is 1.86 bits per heavy atom. The van der Waals surface area contributed by atoms with Crippen molar-refractivity contribution in [3.63, 3.8) is 0 Å². The van der Waals surface area contributed by atoms with E-state index in [1.807, 2.05) is 26.0 Å². The highest BCUT2D eigenvalue weighted by atomic mass is 19.3. The van der Waals surface area contributed by atoms with Gasteiger partial charge in [0.2, 0.25) is 0 Å². The molecule has 1 aromatic carbocycles. The Bertz CT molecular complexity index is 310. The van der Waals surface area contributed by atoms with Gasteiger partial charge in [0.25, 0.3) is 6.43 Å². The fraction of sp³-hybridized carbons (Fsp3) is 0.455. The fourth-order valence-corrected chi connectivity index (χ4v) is 1.59. The summed E-state index contributed by atoms with van der Waals surface area (Å²) in [7, 11) is 1.55. The van der Waals surface area contributed by atoms with E-state index in [0.717, 1.165) is 11.1 Å². The zero-order chi connectivity index (χ0) is 10.7. The van der Waals surface area contributed by atoms with Crippen LogP contribution in [0.4, 0.5) is 8.78 Å². The highest BCUT2D eigenvalue weighted by Crippen LogP contribution is 2.23. The molecule has 0 fully saturated rings. The number of nitrogens with one attached hydrogen (secondary N) is 1. The second kappa shape index (κ2) is 4.51. The zero-order valence-corrected chi connectivity index (χ0v) is 8.64. The molecule has 0 heterocycles. The Balaban J connectivity index is 3.04. The minimum Gasteiger partial charge on any atom is -0.308 e. The van der Waals surface area contributed by atoms with Crippen molar-refractivity contribution < 1.29 is 8.78 Å². The predicted molar refractivity (Wildman–Crippen MR) is 53.7 cm³/mol. The number of hydrogen-bond acceptors (Lipinski definition) is 1. The molecular formula is C11H15F2N. The van der Waals surface area contributed by atoms with Crippen LogP contribution in [0.3, 0.4) is 0 Å². The van der Waals surface area contributed by atoms with Gasteiger partial charge in [0.15, 0.2) is 0 Å². The van der Waals surface area contributed by atoms with Crippen LogP contribution in [0, 0.1) is 13.8 Å². The van der Waals surface area contributed by atoms with Crippen molar-refractivity contribution >= 4 is 0 Å². The minimum atomic E-state index is -2.37. The number of aryl methyl sites for hydroxylation is 2. The molecule has 14 heavy (non-hydrogen) atoms. The summed E-state index contributed by atoms with van der Waals surface area (Å²) >= 11 is 0. The van der Waals surface area contributed by atoms with E-state index in [9.17, 15) is 8.78 Å². The van der Waals surface area contributed by atoms with Gasteiger partial charge in [-0.3, -0.25) is 0 Å². The first-order valence-electron chi connectivity index (χ1n) is 4.59. The SMILES string of the molecule is CNC(c1ccc(C)cc1C)C(F)F. The Morgan fingerprint density at radius 1 is 1.21 bits per heavy atom. The highest BCUT2D eigenvalue weighted by molar-refractivity contribution is 5.33. The molecule has 0 saturated heterocycles. The lowest BCUT2D eigenvalue weighted by Gasteiger charge is -2.18. The van der Waals surface area contributed by atoms with Crippen molar-refractivity contribution in [2.24, 2.45) is 0 Å². The van der Waals surface area contributed by atoms with E-state index in [2.05, 4.69) is 5.32 Å². The van der Waals surface area contributed by atoms with E-state index >= 15 is 0 Å². The predicted octanol–water partition coefficient (Wildman–Crippen LogP) is 2.83. The number of halogens is 2. The molecule has 0 amide bonds. The molecule has 0 radical (unpaired) electrons. The molecule has 0 aliphatic carbocycles. The Labute approximate surface area is 83.1 Å². The third kappa shape index (κ3) is 2.29. The first-order chi connectivity index (χ1) is 6.56. The molecule has 0 aromatic heterocycles. The van der Waals surface area contributed by atoms with Gasteiger partial charge in [0, 0.05) is 0 Å². The molecule has 1 aromatic rings. The summed E-state index contributed by atoms with van der Waals surface area (Å²) < 4.78 is 25.2. The number of hydrogen-bond donors (Lipinski definition) is 1. The monoisotopic (exact) mass is 199 g/mol. The summed E-state index contributed by atoms with van der Waals surface area (Å²) in [5.74, 6) is 0. The summed E-state index contributed by atoms with van der Waals surface area (Å²) in [5, 5.41) is 2.63. The van der Waals surface area contributed by atoms with Gasteiger partial charge in [-0.05, 0) is 32.0 Å². The molecule has 78 valence electrons. The van der Waals surface area contributed by atoms with Crippen molar-refractivity contribution in [2.75, 3.05) is 7.05 Å². The van der Waals surface area contributed by atoms with Crippen LogP contribution in [0.25, 0.3) is 0 Å². The lowest BCUT2D eigenvalue weighted by Crippen LogP contribution is -2.24. The topological polar surface area (TPSA) is 12.0 Å². The lowest BCUT2D eigenvalue weighted by atomic mass is 10.00. The molecule has 1 nitrogen and oxygen atoms in total. The molecule has 0 spiro atoms. The molecule has 1 N–H and O–H groups in total. The second-order valence-corrected chi connectivity index (χ2v) is 3.46. The van der Waals surface area contributed by atoms with E-state index in [1.165, 1.54) is 0 Å². The Morgan fingerprint density at radius 3 is 2.29 bits per heavy atom. The van der Waals surface area contributed by atoms with E-state index < -0.39 is 12.5 Å². The third-order valence-electron chi connectivity index (χ3n) is 2.32. The van der Waals surface area contributed by atoms with E-state index in [1.54, 1.807) is 13.1 Å². The maximum absolute atomic E-state index is 12.6. The molecule has 1 unspecified atom stereocenters. The first-order valence-corrected chi connectivity index (χ1v) is 4.59. The largest absolute Gasteiger partial charge is 0.308 e. The molecular weight excluding hydrogens is 184 g/mol. The van der Waals surface area contributed by atoms with Gasteiger partial charge < -0.3 is 5.32 Å². The van der Waals surface area contributed by atoms with Crippen LogP contribution >= 0.6 is 0 Å². The lowest BCUT2D eigenvalue weighted by molar-refractivity contribution is 0.102. The van der Waals surface area contributed by atoms with Gasteiger partial charge in [-0.1, -0.05) is 23.8 Å². The van der Waals surface area contributed by atoms with Gasteiger partial charge in [0.1, 0.15) is 0 Å². The summed E-state index contributed by atoms with van der Waals surface area (Å²) in [5.41, 5.74) is 2.67. The smallest absolute Gasteiger partial charge is 0.257 e. The summed E-state index contributed by atoms with van der Waals surface area (Å²) in [6.45, 7) is 3.81. The van der Waals surface area contributed by atoms with Crippen molar-refractivity contribution in [1.29, 1.82) is 0 Å². The molecule has 0 saturated carbocycles. The average Bonchev–Trinajstić information content (AvgIpc) is 2.09. The molecule has 3 heteroatoms. The van der Waals surface area contributed by atoms with Crippen molar-refractivity contribution in [2.45, 2.75) is 26.3 Å². The summed E-state index contributed by atoms with van der Waals surface area (Å²) in [4.78, 5) is 0. The van der Waals surface area contributed by atoms with Crippen LogP contribution in [-0.2, 0) is 0 Å². The van der Waals surface area contributed by atoms with Crippen molar-refractivity contribution in [3.8, 4) is 0 Å². The maximum Gasteiger partial charge on any atom is 0.257 e. The van der Waals surface area contributed by atoms with Gasteiger partial charge in [0.05, 0.1) is 6.04 Å². The first kappa shape index (κ1) is 11.1. The van der Waals surface area contributed by atoms with Crippen LogP contribution < -0.4 is 5.32 Å². The molecule has 0 aliphatic heterocycles. The quantitative estimate of drug-likeness (QED) is 0.789. The zero-order valence-electron chi connectivity index (χ0n) is 8.64. The van der Waals surface area contributed by atoms with Crippen LogP contribution in [-0.4, -0.2) is 13.5 Å². The summed E-state index contributed by atoms with van der Waals surface area (Å²) in [6, 6.07) is 4.67. The van der Waals surface area contributed by atoms with Crippen LogP contribution in [0.15, 0.2) is 18.2 Å². The maximum atomic E-state index is 12.6. The van der Waals surface area contributed by atoms with Gasteiger partial charge >= 0.3 is 0 Å². The molecule has 1 atom stereocenters. The number of rotatable bonds is 3. The van der Waals surface area contributed by atoms with E-state index in [4.69, 9.17) is 0 Å².